The van der Waals surface area contributed by atoms with Gasteiger partial charge in [-0.25, -0.2) is 9.10 Å². The third-order valence-electron chi connectivity index (χ3n) is 4.67. The van der Waals surface area contributed by atoms with E-state index in [1.165, 1.54) is 12.1 Å². The molecule has 31 heavy (non-hydrogen) atoms. The molecule has 4 rings (SSSR count). The van der Waals surface area contributed by atoms with Crippen molar-refractivity contribution in [1.82, 2.24) is 4.31 Å². The molecule has 1 amide bonds. The third-order valence-corrected chi connectivity index (χ3v) is 5.65. The van der Waals surface area contributed by atoms with Gasteiger partial charge in [0.15, 0.2) is 5.75 Å². The van der Waals surface area contributed by atoms with Crippen molar-refractivity contribution in [3.05, 3.63) is 101 Å². The third kappa shape index (κ3) is 4.65. The minimum absolute atomic E-state index is 0.0225. The predicted molar refractivity (Wildman–Crippen MR) is 116 cm³/mol. The first-order valence-corrected chi connectivity index (χ1v) is 10.5. The van der Waals surface area contributed by atoms with E-state index < -0.39 is 23.1 Å². The van der Waals surface area contributed by atoms with Crippen molar-refractivity contribution in [2.45, 2.75) is 13.0 Å². The van der Waals surface area contributed by atoms with Crippen molar-refractivity contribution >= 4 is 23.1 Å². The fourth-order valence-electron chi connectivity index (χ4n) is 3.06. The van der Waals surface area contributed by atoms with E-state index in [-0.39, 0.29) is 23.4 Å². The van der Waals surface area contributed by atoms with E-state index in [0.717, 1.165) is 9.87 Å². The van der Waals surface area contributed by atoms with E-state index in [1.807, 2.05) is 30.3 Å². The number of fused-ring (bicyclic) bond motifs is 1. The van der Waals surface area contributed by atoms with Crippen molar-refractivity contribution in [2.24, 2.45) is 0 Å². The maximum Gasteiger partial charge on any atom is 0.335 e. The van der Waals surface area contributed by atoms with Gasteiger partial charge in [-0.3, -0.25) is 4.79 Å². The van der Waals surface area contributed by atoms with E-state index >= 15 is 0 Å². The van der Waals surface area contributed by atoms with Crippen LogP contribution < -0.4 is 4.18 Å². The summed E-state index contributed by atoms with van der Waals surface area (Å²) in [6, 6.07) is 20.8. The van der Waals surface area contributed by atoms with Crippen LogP contribution in [-0.4, -0.2) is 25.5 Å². The van der Waals surface area contributed by atoms with Gasteiger partial charge in [-0.05, 0) is 41.5 Å². The number of rotatable bonds is 4. The number of carboxylic acid groups (broad SMARTS) is 1. The van der Waals surface area contributed by atoms with Crippen LogP contribution in [0.25, 0.3) is 0 Å². The van der Waals surface area contributed by atoms with E-state index in [9.17, 15) is 13.8 Å². The van der Waals surface area contributed by atoms with Crippen molar-refractivity contribution < 1.29 is 23.1 Å². The largest absolute Gasteiger partial charge is 0.478 e. The summed E-state index contributed by atoms with van der Waals surface area (Å²) in [4.78, 5) is 24.0. The summed E-state index contributed by atoms with van der Waals surface area (Å²) in [5, 5.41) is 9.00. The highest BCUT2D eigenvalue weighted by molar-refractivity contribution is 7.78. The lowest BCUT2D eigenvalue weighted by atomic mass is 10.1. The molecule has 0 spiro atoms. The van der Waals surface area contributed by atoms with E-state index in [0.29, 0.717) is 17.5 Å². The number of nitrogens with zero attached hydrogens (tertiary/aromatic N) is 1. The Morgan fingerprint density at radius 1 is 1.00 bits per heavy atom. The molecule has 1 aliphatic heterocycles. The first kappa shape index (κ1) is 20.4. The quantitative estimate of drug-likeness (QED) is 0.639. The SMILES string of the molecule is O=C(O)c1ccc(CN2C(=O)c3cc(C#CCc4ccccc4)ccc3OS2=O)cc1. The lowest BCUT2D eigenvalue weighted by molar-refractivity contribution is 0.0696. The van der Waals surface area contributed by atoms with Crippen LogP contribution in [0.3, 0.4) is 0 Å². The molecular formula is C24H17NO5S. The van der Waals surface area contributed by atoms with Crippen LogP contribution >= 0.6 is 0 Å². The highest BCUT2D eigenvalue weighted by Crippen LogP contribution is 2.29. The Balaban J connectivity index is 1.53. The van der Waals surface area contributed by atoms with Gasteiger partial charge >= 0.3 is 17.2 Å². The summed E-state index contributed by atoms with van der Waals surface area (Å²) in [6.07, 6.45) is 0.588. The fraction of sp³-hybridized carbons (Fsp3) is 0.0833. The summed E-state index contributed by atoms with van der Waals surface area (Å²) in [5.74, 6) is 4.91. The van der Waals surface area contributed by atoms with Gasteiger partial charge in [-0.15, -0.1) is 0 Å². The molecule has 0 bridgehead atoms. The molecule has 1 heterocycles. The lowest BCUT2D eigenvalue weighted by Gasteiger charge is -2.26. The van der Waals surface area contributed by atoms with Crippen LogP contribution in [0, 0.1) is 11.8 Å². The molecule has 1 N–H and O–H groups in total. The smallest absolute Gasteiger partial charge is 0.335 e. The monoisotopic (exact) mass is 431 g/mol. The Morgan fingerprint density at radius 3 is 2.45 bits per heavy atom. The second-order valence-electron chi connectivity index (χ2n) is 6.82. The van der Waals surface area contributed by atoms with Gasteiger partial charge in [-0.2, -0.15) is 4.21 Å². The number of amides is 1. The van der Waals surface area contributed by atoms with E-state index in [2.05, 4.69) is 11.8 Å². The van der Waals surface area contributed by atoms with Crippen LogP contribution in [-0.2, 0) is 24.2 Å². The van der Waals surface area contributed by atoms with Crippen molar-refractivity contribution in [3.8, 4) is 17.6 Å². The number of hydrogen-bond acceptors (Lipinski definition) is 4. The Labute approximate surface area is 181 Å². The molecule has 0 aromatic heterocycles. The highest BCUT2D eigenvalue weighted by atomic mass is 32.2. The van der Waals surface area contributed by atoms with Gasteiger partial charge in [0, 0.05) is 12.0 Å². The van der Waals surface area contributed by atoms with Gasteiger partial charge in [0.1, 0.15) is 0 Å². The average molecular weight is 431 g/mol. The zero-order valence-corrected chi connectivity index (χ0v) is 17.1. The van der Waals surface area contributed by atoms with Crippen LogP contribution in [0.15, 0.2) is 72.8 Å². The number of benzene rings is 3. The number of carbonyl (C=O) groups is 2. The van der Waals surface area contributed by atoms with Crippen LogP contribution in [0.2, 0.25) is 0 Å². The standard InChI is InChI=1S/C24H17NO5S/c26-23-21-15-18(8-4-7-17-5-2-1-3-6-17)11-14-22(21)30-31(29)25(23)16-19-9-12-20(13-10-19)24(27)28/h1-3,5-6,9-15H,7,16H2,(H,27,28). The van der Waals surface area contributed by atoms with Crippen LogP contribution in [0.5, 0.6) is 5.75 Å². The molecule has 1 unspecified atom stereocenters. The second-order valence-corrected chi connectivity index (χ2v) is 7.86. The first-order valence-electron chi connectivity index (χ1n) is 9.42. The topological polar surface area (TPSA) is 83.9 Å². The zero-order valence-electron chi connectivity index (χ0n) is 16.3. The Morgan fingerprint density at radius 2 is 1.74 bits per heavy atom. The molecule has 7 heteroatoms. The fourth-order valence-corrected chi connectivity index (χ4v) is 3.94. The molecule has 3 aromatic rings. The highest BCUT2D eigenvalue weighted by Gasteiger charge is 2.32. The summed E-state index contributed by atoms with van der Waals surface area (Å²) < 4.78 is 18.9. The number of carbonyl (C=O) groups excluding carboxylic acids is 1. The molecule has 0 radical (unpaired) electrons. The summed E-state index contributed by atoms with van der Waals surface area (Å²) in [7, 11) is 0. The Bertz CT molecular complexity index is 1230. The van der Waals surface area contributed by atoms with Crippen molar-refractivity contribution in [3.63, 3.8) is 0 Å². The molecule has 1 atom stereocenters. The van der Waals surface area contributed by atoms with Gasteiger partial charge in [0.25, 0.3) is 5.91 Å². The Hall–Kier alpha value is -3.89. The minimum Gasteiger partial charge on any atom is -0.478 e. The van der Waals surface area contributed by atoms with Crippen molar-refractivity contribution in [1.29, 1.82) is 0 Å². The number of hydrogen-bond donors (Lipinski definition) is 1. The number of aromatic carboxylic acids is 1. The molecule has 154 valence electrons. The van der Waals surface area contributed by atoms with Crippen LogP contribution in [0.4, 0.5) is 0 Å². The van der Waals surface area contributed by atoms with Gasteiger partial charge in [-0.1, -0.05) is 54.3 Å². The predicted octanol–water partition coefficient (Wildman–Crippen LogP) is 3.59. The summed E-state index contributed by atoms with van der Waals surface area (Å²) >= 11 is -1.99. The Kier molecular flexibility index (Phi) is 5.83. The normalized spacial score (nSPS) is 14.8. The molecule has 1 aliphatic rings. The van der Waals surface area contributed by atoms with Crippen molar-refractivity contribution in [2.75, 3.05) is 0 Å². The van der Waals surface area contributed by atoms with E-state index in [4.69, 9.17) is 9.29 Å². The zero-order chi connectivity index (χ0) is 21.8. The molecule has 0 aliphatic carbocycles. The average Bonchev–Trinajstić information content (AvgIpc) is 2.78. The maximum absolute atomic E-state index is 13.0. The summed E-state index contributed by atoms with van der Waals surface area (Å²) in [6.45, 7) is 0.0225. The molecule has 0 saturated heterocycles. The molecule has 0 fully saturated rings. The second kappa shape index (κ2) is 8.86. The molecular weight excluding hydrogens is 414 g/mol. The van der Waals surface area contributed by atoms with E-state index in [1.54, 1.807) is 30.3 Å². The molecule has 3 aromatic carbocycles. The van der Waals surface area contributed by atoms with Gasteiger partial charge in [0.2, 0.25) is 0 Å². The number of carboxylic acids is 1. The molecule has 0 saturated carbocycles. The van der Waals surface area contributed by atoms with Gasteiger partial charge < -0.3 is 9.29 Å². The summed E-state index contributed by atoms with van der Waals surface area (Å²) in [5.41, 5.74) is 2.81. The van der Waals surface area contributed by atoms with Gasteiger partial charge in [0.05, 0.1) is 17.7 Å². The maximum atomic E-state index is 13.0. The molecule has 6 nitrogen and oxygen atoms in total. The van der Waals surface area contributed by atoms with Crippen LogP contribution in [0.1, 0.15) is 37.4 Å². The minimum atomic E-state index is -1.99. The first-order chi connectivity index (χ1) is 15.0. The lowest BCUT2D eigenvalue weighted by Crippen LogP contribution is -2.38.